The molecule has 0 saturated carbocycles. The third kappa shape index (κ3) is 59.6. The lowest BCUT2D eigenvalue weighted by Gasteiger charge is -2.26. The number of hydrogen-bond donors (Lipinski definition) is 0. The number of allylic oxidation sites excluding steroid dienone is 31. The molecule has 0 fully saturated rings. The first-order chi connectivity index (χ1) is 38.6. The van der Waals surface area contributed by atoms with Gasteiger partial charge >= 0.3 is 11.9 Å². The first-order valence-electron chi connectivity index (χ1n) is 29.6. The number of rotatable bonds is 51. The molecule has 9 heteroatoms. The number of ether oxygens (including phenoxy) is 4. The number of unbranched alkanes of at least 4 members (excludes halogenated alkanes) is 5. The molecule has 2 unspecified atom stereocenters. The van der Waals surface area contributed by atoms with Gasteiger partial charge in [-0.3, -0.25) is 9.59 Å². The van der Waals surface area contributed by atoms with Gasteiger partial charge in [0.15, 0.2) is 12.4 Å². The minimum atomic E-state index is -1.66. The Morgan fingerprint density at radius 1 is 0.392 bits per heavy atom. The molecule has 0 rings (SSSR count). The zero-order chi connectivity index (χ0) is 57.6. The van der Waals surface area contributed by atoms with Gasteiger partial charge in [0.1, 0.15) is 13.2 Å². The Bertz CT molecular complexity index is 1990. The molecular weight excluding hydrogens is 983 g/mol. The van der Waals surface area contributed by atoms with Crippen LogP contribution in [0.1, 0.15) is 168 Å². The van der Waals surface area contributed by atoms with Gasteiger partial charge in [-0.15, -0.1) is 0 Å². The van der Waals surface area contributed by atoms with Crippen LogP contribution in [0.4, 0.5) is 0 Å². The van der Waals surface area contributed by atoms with Gasteiger partial charge in [0.2, 0.25) is 0 Å². The van der Waals surface area contributed by atoms with Crippen LogP contribution in [0, 0.1) is 0 Å². The van der Waals surface area contributed by atoms with Gasteiger partial charge in [-0.2, -0.15) is 0 Å². The van der Waals surface area contributed by atoms with E-state index in [9.17, 15) is 19.5 Å². The lowest BCUT2D eigenvalue weighted by molar-refractivity contribution is -0.870. The lowest BCUT2D eigenvalue weighted by Crippen LogP contribution is -2.44. The average Bonchev–Trinajstić information content (AvgIpc) is 3.42. The summed E-state index contributed by atoms with van der Waals surface area (Å²) in [5.41, 5.74) is 0. The van der Waals surface area contributed by atoms with Crippen molar-refractivity contribution in [2.24, 2.45) is 0 Å². The average molecular weight is 1090 g/mol. The van der Waals surface area contributed by atoms with Crippen LogP contribution >= 0.6 is 0 Å². The van der Waals surface area contributed by atoms with Crippen LogP contribution in [0.3, 0.4) is 0 Å². The molecule has 0 aliphatic heterocycles. The van der Waals surface area contributed by atoms with Crippen molar-refractivity contribution in [2.75, 3.05) is 47.5 Å². The molecule has 0 aromatic heterocycles. The second-order valence-corrected chi connectivity index (χ2v) is 19.8. The fraction of sp³-hybridized carbons (Fsp3) is 0.500. The molecule has 2 atom stereocenters. The van der Waals surface area contributed by atoms with E-state index >= 15 is 0 Å². The number of likely N-dealkylation sites (N-methyl/N-ethyl adjacent to an activating group) is 1. The number of nitrogens with zero attached hydrogens (tertiary/aromatic N) is 1. The Kier molecular flexibility index (Phi) is 54.0. The van der Waals surface area contributed by atoms with Gasteiger partial charge in [-0.25, -0.2) is 0 Å². The molecule has 79 heavy (non-hydrogen) atoms. The van der Waals surface area contributed by atoms with Gasteiger partial charge in [0.25, 0.3) is 0 Å². The van der Waals surface area contributed by atoms with Crippen LogP contribution in [-0.4, -0.2) is 82.3 Å². The van der Waals surface area contributed by atoms with Gasteiger partial charge in [0.05, 0.1) is 46.7 Å². The highest BCUT2D eigenvalue weighted by Gasteiger charge is 2.21. The molecule has 0 spiro atoms. The van der Waals surface area contributed by atoms with Crippen LogP contribution in [0.25, 0.3) is 0 Å². The Hall–Kier alpha value is -5.87. The van der Waals surface area contributed by atoms with E-state index in [0.29, 0.717) is 23.9 Å². The first-order valence-corrected chi connectivity index (χ1v) is 29.6. The molecule has 0 aromatic carbocycles. The predicted octanol–water partition coefficient (Wildman–Crippen LogP) is 16.6. The largest absolute Gasteiger partial charge is 0.545 e. The van der Waals surface area contributed by atoms with E-state index in [0.717, 1.165) is 128 Å². The molecule has 438 valence electrons. The second-order valence-electron chi connectivity index (χ2n) is 19.8. The standard InChI is InChI=1S/C70H105NO8/c1-6-8-10-12-14-16-18-20-22-23-24-25-26-27-28-29-30-31-32-33-34-35-36-37-38-39-40-41-42-43-44-45-47-49-51-53-55-57-59-61-68(73)79-66(65-78-70(69(74)75)76-63-62-71(3,4)5)64-77-67(72)60-58-56-54-52-50-48-46-21-19-17-15-13-11-9-7-2/h8-11,14-17,20-22,24-25,27-28,30-31,33-34,36-37,39-40,42-43,45-47,50,52,56,58,66,70H,6-7,12-13,18-19,23,26,29,32,35,38,41,44,48-49,51,53-55,57,59-65H2,1-5H3/b10-8-,11-9-,16-14-,17-15-,22-20-,25-24-,28-27-,31-30-,34-33-,37-36-,40-39-,43-42-,46-21-,47-45-,52-50-,58-56-. The van der Waals surface area contributed by atoms with Gasteiger partial charge in [0, 0.05) is 6.42 Å². The number of quaternary nitrogens is 1. The van der Waals surface area contributed by atoms with Crippen LogP contribution in [0.5, 0.6) is 0 Å². The molecule has 9 nitrogen and oxygen atoms in total. The zero-order valence-corrected chi connectivity index (χ0v) is 49.6. The number of carbonyl (C=O) groups excluding carboxylic acids is 3. The molecule has 0 radical (unpaired) electrons. The third-order valence-corrected chi connectivity index (χ3v) is 11.4. The summed E-state index contributed by atoms with van der Waals surface area (Å²) in [6, 6.07) is 0. The maximum absolute atomic E-state index is 12.8. The second kappa shape index (κ2) is 58.3. The van der Waals surface area contributed by atoms with E-state index in [1.807, 2.05) is 33.3 Å². The summed E-state index contributed by atoms with van der Waals surface area (Å²) in [5, 5.41) is 11.8. The van der Waals surface area contributed by atoms with E-state index in [-0.39, 0.29) is 32.7 Å². The number of carbonyl (C=O) groups is 3. The Balaban J connectivity index is 4.33. The molecule has 0 bridgehead atoms. The van der Waals surface area contributed by atoms with Crippen LogP contribution < -0.4 is 5.11 Å². The summed E-state index contributed by atoms with van der Waals surface area (Å²) >= 11 is 0. The number of carboxylic acids is 1. The van der Waals surface area contributed by atoms with Crippen molar-refractivity contribution >= 4 is 17.9 Å². The SMILES string of the molecule is CC/C=C\C/C=C\C/C=C\C/C=C\C/C=C\C/C=C\C/C=C\C/C=C\C/C=C\C/C=C\C/C=C\CCCCCCCC(=O)OC(COC(=O)C/C=C\C/C=C\C/C=C\C/C=C\C/C=C\CC)COC(OCC[N+](C)(C)C)C(=O)[O-]. The van der Waals surface area contributed by atoms with E-state index in [2.05, 4.69) is 190 Å². The normalized spacial score (nSPS) is 14.2. The van der Waals surface area contributed by atoms with E-state index in [1.165, 1.54) is 0 Å². The van der Waals surface area contributed by atoms with Crippen molar-refractivity contribution in [3.05, 3.63) is 194 Å². The van der Waals surface area contributed by atoms with Crippen molar-refractivity contribution in [3.63, 3.8) is 0 Å². The van der Waals surface area contributed by atoms with E-state index in [1.54, 1.807) is 6.08 Å². The predicted molar refractivity (Wildman–Crippen MR) is 333 cm³/mol. The molecule has 0 heterocycles. The minimum absolute atomic E-state index is 0.0435. The number of aliphatic carboxylic acids is 1. The molecule has 0 aromatic rings. The van der Waals surface area contributed by atoms with Crippen LogP contribution in [0.2, 0.25) is 0 Å². The smallest absolute Gasteiger partial charge is 0.309 e. The first kappa shape index (κ1) is 73.1. The summed E-state index contributed by atoms with van der Waals surface area (Å²) < 4.78 is 22.5. The molecule has 0 saturated heterocycles. The van der Waals surface area contributed by atoms with E-state index < -0.39 is 30.3 Å². The van der Waals surface area contributed by atoms with Crippen molar-refractivity contribution in [1.82, 2.24) is 0 Å². The van der Waals surface area contributed by atoms with Crippen molar-refractivity contribution in [3.8, 4) is 0 Å². The Morgan fingerprint density at radius 3 is 1.08 bits per heavy atom. The maximum Gasteiger partial charge on any atom is 0.309 e. The fourth-order valence-electron chi connectivity index (χ4n) is 6.91. The minimum Gasteiger partial charge on any atom is -0.545 e. The molecule has 0 aliphatic carbocycles. The fourth-order valence-corrected chi connectivity index (χ4v) is 6.91. The maximum atomic E-state index is 12.8. The highest BCUT2D eigenvalue weighted by molar-refractivity contribution is 5.71. The number of carboxylic acid groups (broad SMARTS) is 1. The van der Waals surface area contributed by atoms with Crippen molar-refractivity contribution in [1.29, 1.82) is 0 Å². The molecule has 0 aliphatic rings. The molecule has 0 amide bonds. The summed E-state index contributed by atoms with van der Waals surface area (Å²) in [6.07, 6.45) is 88.1. The molecular formula is C70H105NO8. The zero-order valence-electron chi connectivity index (χ0n) is 49.6. The molecule has 0 N–H and O–H groups in total. The number of esters is 2. The number of hydrogen-bond acceptors (Lipinski definition) is 8. The van der Waals surface area contributed by atoms with Crippen molar-refractivity contribution < 1.29 is 42.9 Å². The van der Waals surface area contributed by atoms with Gasteiger partial charge in [-0.1, -0.05) is 228 Å². The van der Waals surface area contributed by atoms with Crippen molar-refractivity contribution in [2.45, 2.75) is 180 Å². The van der Waals surface area contributed by atoms with Crippen LogP contribution in [0.15, 0.2) is 194 Å². The summed E-state index contributed by atoms with van der Waals surface area (Å²) in [4.78, 5) is 37.1. The third-order valence-electron chi connectivity index (χ3n) is 11.4. The quantitative estimate of drug-likeness (QED) is 0.0195. The highest BCUT2D eigenvalue weighted by Crippen LogP contribution is 2.11. The lowest BCUT2D eigenvalue weighted by atomic mass is 10.1. The van der Waals surface area contributed by atoms with E-state index in [4.69, 9.17) is 18.9 Å². The van der Waals surface area contributed by atoms with Gasteiger partial charge < -0.3 is 33.3 Å². The topological polar surface area (TPSA) is 111 Å². The van der Waals surface area contributed by atoms with Gasteiger partial charge in [-0.05, 0) is 122 Å². The Morgan fingerprint density at radius 2 is 0.722 bits per heavy atom. The summed E-state index contributed by atoms with van der Waals surface area (Å²) in [6.45, 7) is 4.33. The summed E-state index contributed by atoms with van der Waals surface area (Å²) in [7, 11) is 5.87. The van der Waals surface area contributed by atoms with Crippen LogP contribution in [-0.2, 0) is 33.3 Å². The summed E-state index contributed by atoms with van der Waals surface area (Å²) in [5.74, 6) is -2.50. The monoisotopic (exact) mass is 1090 g/mol. The Labute approximate surface area is 481 Å². The highest BCUT2D eigenvalue weighted by atomic mass is 16.7.